The first-order chi connectivity index (χ1) is 9.08. The lowest BCUT2D eigenvalue weighted by Gasteiger charge is -2.22. The van der Waals surface area contributed by atoms with Crippen molar-refractivity contribution in [2.45, 2.75) is 45.7 Å². The molecule has 4 heteroatoms. The van der Waals surface area contributed by atoms with Crippen LogP contribution in [-0.2, 0) is 9.53 Å². The molecule has 0 aliphatic heterocycles. The highest BCUT2D eigenvalue weighted by atomic mass is 35.5. The van der Waals surface area contributed by atoms with Crippen LogP contribution >= 0.6 is 11.6 Å². The third-order valence-corrected chi connectivity index (χ3v) is 3.18. The first-order valence-electron chi connectivity index (χ1n) is 6.76. The van der Waals surface area contributed by atoms with Crippen LogP contribution in [0.1, 0.15) is 45.2 Å². The van der Waals surface area contributed by atoms with Gasteiger partial charge in [-0.05, 0) is 38.0 Å². The van der Waals surface area contributed by atoms with Gasteiger partial charge in [0.1, 0.15) is 6.04 Å². The number of halogens is 1. The molecule has 0 radical (unpaired) electrons. The van der Waals surface area contributed by atoms with Crippen LogP contribution in [0.5, 0.6) is 0 Å². The molecule has 1 N–H and O–H groups in total. The molecule has 0 amide bonds. The second kappa shape index (κ2) is 8.18. The average molecular weight is 284 g/mol. The summed E-state index contributed by atoms with van der Waals surface area (Å²) in [6, 6.07) is 7.45. The van der Waals surface area contributed by atoms with Gasteiger partial charge in [0.15, 0.2) is 0 Å². The summed E-state index contributed by atoms with van der Waals surface area (Å²) < 4.78 is 5.09. The van der Waals surface area contributed by atoms with Gasteiger partial charge in [-0.1, -0.05) is 37.1 Å². The van der Waals surface area contributed by atoms with E-state index in [-0.39, 0.29) is 18.1 Å². The second-order valence-corrected chi connectivity index (χ2v) is 4.97. The zero-order chi connectivity index (χ0) is 14.3. The van der Waals surface area contributed by atoms with Crippen LogP contribution in [0.3, 0.4) is 0 Å². The summed E-state index contributed by atoms with van der Waals surface area (Å²) in [4.78, 5) is 11.9. The van der Waals surface area contributed by atoms with Crippen LogP contribution in [0.15, 0.2) is 24.3 Å². The summed E-state index contributed by atoms with van der Waals surface area (Å²) >= 11 is 5.98. The van der Waals surface area contributed by atoms with Crippen molar-refractivity contribution in [2.75, 3.05) is 6.61 Å². The van der Waals surface area contributed by atoms with Gasteiger partial charge in [-0.15, -0.1) is 0 Å². The Balaban J connectivity index is 2.70. The minimum Gasteiger partial charge on any atom is -0.465 e. The molecule has 19 heavy (non-hydrogen) atoms. The van der Waals surface area contributed by atoms with Gasteiger partial charge in [0.25, 0.3) is 0 Å². The van der Waals surface area contributed by atoms with E-state index in [1.165, 1.54) is 0 Å². The lowest BCUT2D eigenvalue weighted by molar-refractivity contribution is -0.146. The van der Waals surface area contributed by atoms with Crippen molar-refractivity contribution in [3.8, 4) is 0 Å². The van der Waals surface area contributed by atoms with Crippen LogP contribution < -0.4 is 5.32 Å². The Bertz CT molecular complexity index is 409. The summed E-state index contributed by atoms with van der Waals surface area (Å²) in [6.07, 6.45) is 1.70. The number of nitrogens with one attached hydrogen (secondary N) is 1. The lowest BCUT2D eigenvalue weighted by Crippen LogP contribution is -2.39. The molecule has 0 fully saturated rings. The van der Waals surface area contributed by atoms with Gasteiger partial charge >= 0.3 is 5.97 Å². The monoisotopic (exact) mass is 283 g/mol. The Morgan fingerprint density at radius 2 is 2.16 bits per heavy atom. The maximum absolute atomic E-state index is 11.9. The Morgan fingerprint density at radius 1 is 1.42 bits per heavy atom. The zero-order valence-electron chi connectivity index (χ0n) is 11.8. The van der Waals surface area contributed by atoms with Crippen molar-refractivity contribution in [1.82, 2.24) is 5.32 Å². The quantitative estimate of drug-likeness (QED) is 0.775. The van der Waals surface area contributed by atoms with Crippen molar-refractivity contribution in [2.24, 2.45) is 0 Å². The molecule has 2 unspecified atom stereocenters. The van der Waals surface area contributed by atoms with E-state index in [9.17, 15) is 4.79 Å². The molecule has 0 heterocycles. The third-order valence-electron chi connectivity index (χ3n) is 2.95. The maximum Gasteiger partial charge on any atom is 0.323 e. The van der Waals surface area contributed by atoms with Gasteiger partial charge in [0.05, 0.1) is 6.61 Å². The molecular weight excluding hydrogens is 262 g/mol. The number of ether oxygens (including phenoxy) is 1. The lowest BCUT2D eigenvalue weighted by atomic mass is 10.1. The first-order valence-corrected chi connectivity index (χ1v) is 7.14. The van der Waals surface area contributed by atoms with E-state index < -0.39 is 0 Å². The third kappa shape index (κ3) is 5.21. The fourth-order valence-electron chi connectivity index (χ4n) is 1.97. The average Bonchev–Trinajstić information content (AvgIpc) is 2.38. The van der Waals surface area contributed by atoms with Crippen LogP contribution in [0.4, 0.5) is 0 Å². The summed E-state index contributed by atoms with van der Waals surface area (Å²) in [5.74, 6) is -0.182. The minimum absolute atomic E-state index is 0.0552. The molecule has 0 saturated carbocycles. The van der Waals surface area contributed by atoms with Crippen LogP contribution in [0, 0.1) is 0 Å². The molecule has 0 aliphatic carbocycles. The summed E-state index contributed by atoms with van der Waals surface area (Å²) in [7, 11) is 0. The smallest absolute Gasteiger partial charge is 0.323 e. The van der Waals surface area contributed by atoms with Gasteiger partial charge in [0, 0.05) is 11.1 Å². The number of carbonyl (C=O) groups is 1. The number of carbonyl (C=O) groups excluding carboxylic acids is 1. The SMILES string of the molecule is CCCC(NC(C)c1cccc(Cl)c1)C(=O)OCC. The standard InChI is InChI=1S/C15H22ClNO2/c1-4-7-14(15(18)19-5-2)17-11(3)12-8-6-9-13(16)10-12/h6,8-11,14,17H,4-5,7H2,1-3H3. The molecule has 0 aliphatic rings. The molecular formula is C15H22ClNO2. The van der Waals surface area contributed by atoms with Crippen LogP contribution in [0.25, 0.3) is 0 Å². The van der Waals surface area contributed by atoms with Gasteiger partial charge in [-0.3, -0.25) is 10.1 Å². The Kier molecular flexibility index (Phi) is 6.89. The van der Waals surface area contributed by atoms with Gasteiger partial charge in [0.2, 0.25) is 0 Å². The molecule has 106 valence electrons. The molecule has 1 rings (SSSR count). The fourth-order valence-corrected chi connectivity index (χ4v) is 2.17. The number of rotatable bonds is 7. The van der Waals surface area contributed by atoms with E-state index in [1.807, 2.05) is 38.1 Å². The van der Waals surface area contributed by atoms with E-state index in [0.717, 1.165) is 18.4 Å². The predicted octanol–water partition coefficient (Wildman–Crippen LogP) is 3.72. The van der Waals surface area contributed by atoms with Crippen molar-refractivity contribution < 1.29 is 9.53 Å². The number of benzene rings is 1. The van der Waals surface area contributed by atoms with Gasteiger partial charge in [-0.2, -0.15) is 0 Å². The van der Waals surface area contributed by atoms with E-state index >= 15 is 0 Å². The molecule has 2 atom stereocenters. The maximum atomic E-state index is 11.9. The summed E-state index contributed by atoms with van der Waals surface area (Å²) in [5, 5.41) is 4.02. The molecule has 0 bridgehead atoms. The van der Waals surface area contributed by atoms with E-state index in [0.29, 0.717) is 11.6 Å². The molecule has 0 aromatic heterocycles. The highest BCUT2D eigenvalue weighted by Gasteiger charge is 2.21. The zero-order valence-corrected chi connectivity index (χ0v) is 12.5. The van der Waals surface area contributed by atoms with Crippen molar-refractivity contribution in [3.63, 3.8) is 0 Å². The summed E-state index contributed by atoms with van der Waals surface area (Å²) in [5.41, 5.74) is 1.07. The van der Waals surface area contributed by atoms with Crippen LogP contribution in [0.2, 0.25) is 5.02 Å². The van der Waals surface area contributed by atoms with E-state index in [2.05, 4.69) is 12.2 Å². The Hall–Kier alpha value is -1.06. The topological polar surface area (TPSA) is 38.3 Å². The van der Waals surface area contributed by atoms with Crippen molar-refractivity contribution in [1.29, 1.82) is 0 Å². The molecule has 1 aromatic carbocycles. The molecule has 0 saturated heterocycles. The molecule has 0 spiro atoms. The Labute approximate surface area is 120 Å². The van der Waals surface area contributed by atoms with Gasteiger partial charge < -0.3 is 4.74 Å². The Morgan fingerprint density at radius 3 is 2.74 bits per heavy atom. The number of hydrogen-bond acceptors (Lipinski definition) is 3. The fraction of sp³-hybridized carbons (Fsp3) is 0.533. The number of esters is 1. The van der Waals surface area contributed by atoms with Crippen molar-refractivity contribution >= 4 is 17.6 Å². The minimum atomic E-state index is -0.265. The largest absolute Gasteiger partial charge is 0.465 e. The van der Waals surface area contributed by atoms with E-state index in [1.54, 1.807) is 0 Å². The van der Waals surface area contributed by atoms with Crippen LogP contribution in [-0.4, -0.2) is 18.6 Å². The van der Waals surface area contributed by atoms with Gasteiger partial charge in [-0.25, -0.2) is 0 Å². The van der Waals surface area contributed by atoms with Crippen molar-refractivity contribution in [3.05, 3.63) is 34.9 Å². The molecule has 1 aromatic rings. The highest BCUT2D eigenvalue weighted by molar-refractivity contribution is 6.30. The highest BCUT2D eigenvalue weighted by Crippen LogP contribution is 2.18. The first kappa shape index (κ1) is 16.0. The normalized spacial score (nSPS) is 13.9. The number of hydrogen-bond donors (Lipinski definition) is 1. The predicted molar refractivity (Wildman–Crippen MR) is 78.3 cm³/mol. The van der Waals surface area contributed by atoms with E-state index in [4.69, 9.17) is 16.3 Å². The molecule has 3 nitrogen and oxygen atoms in total. The second-order valence-electron chi connectivity index (χ2n) is 4.54. The summed E-state index contributed by atoms with van der Waals surface area (Å²) in [6.45, 7) is 6.30.